The minimum Gasteiger partial charge on any atom is -0.370 e. The molecule has 1 aromatic carbocycles. The van der Waals surface area contributed by atoms with Crippen LogP contribution in [0, 0.1) is 0 Å². The van der Waals surface area contributed by atoms with Crippen molar-refractivity contribution in [3.8, 4) is 0 Å². The van der Waals surface area contributed by atoms with Crippen molar-refractivity contribution in [3.05, 3.63) is 35.9 Å². The van der Waals surface area contributed by atoms with E-state index in [4.69, 9.17) is 11.5 Å². The van der Waals surface area contributed by atoms with Crippen molar-refractivity contribution in [2.75, 3.05) is 13.1 Å². The van der Waals surface area contributed by atoms with Crippen LogP contribution >= 0.6 is 24.8 Å². The first-order valence-electron chi connectivity index (χ1n) is 5.59. The van der Waals surface area contributed by atoms with Gasteiger partial charge in [0, 0.05) is 13.1 Å². The minimum atomic E-state index is 0. The molecule has 104 valence electrons. The molecule has 0 aliphatic heterocycles. The first-order valence-corrected chi connectivity index (χ1v) is 5.59. The van der Waals surface area contributed by atoms with E-state index in [0.29, 0.717) is 0 Å². The Labute approximate surface area is 121 Å². The van der Waals surface area contributed by atoms with Gasteiger partial charge in [0.2, 0.25) is 0 Å². The zero-order valence-corrected chi connectivity index (χ0v) is 12.0. The van der Waals surface area contributed by atoms with Crippen molar-refractivity contribution < 1.29 is 0 Å². The Kier molecular flexibility index (Phi) is 13.4. The second kappa shape index (κ2) is 12.5. The van der Waals surface area contributed by atoms with E-state index in [9.17, 15) is 0 Å². The summed E-state index contributed by atoms with van der Waals surface area (Å²) in [5, 5.41) is 3.38. The van der Waals surface area contributed by atoms with Crippen molar-refractivity contribution in [2.45, 2.75) is 19.4 Å². The molecule has 0 aliphatic carbocycles. The Morgan fingerprint density at radius 3 is 2.33 bits per heavy atom. The molecule has 0 aliphatic rings. The zero-order chi connectivity index (χ0) is 11.6. The Morgan fingerprint density at radius 2 is 1.72 bits per heavy atom. The largest absolute Gasteiger partial charge is 0.370 e. The molecule has 0 saturated carbocycles. The topological polar surface area (TPSA) is 76.4 Å². The maximum Gasteiger partial charge on any atom is 0.185 e. The molecule has 0 heterocycles. The third-order valence-corrected chi connectivity index (χ3v) is 2.23. The predicted octanol–water partition coefficient (Wildman–Crippen LogP) is 1.67. The second-order valence-corrected chi connectivity index (χ2v) is 3.68. The highest BCUT2D eigenvalue weighted by molar-refractivity contribution is 5.85. The molecule has 1 rings (SSSR count). The molecule has 0 bridgehead atoms. The van der Waals surface area contributed by atoms with Crippen LogP contribution in [-0.4, -0.2) is 19.0 Å². The van der Waals surface area contributed by atoms with E-state index in [-0.39, 0.29) is 30.8 Å². The fourth-order valence-electron chi connectivity index (χ4n) is 1.40. The monoisotopic (exact) mass is 292 g/mol. The second-order valence-electron chi connectivity index (χ2n) is 3.68. The lowest BCUT2D eigenvalue weighted by molar-refractivity contribution is 0.627. The number of nitrogens with zero attached hydrogens (tertiary/aromatic N) is 1. The van der Waals surface area contributed by atoms with Gasteiger partial charge in [-0.15, -0.1) is 24.8 Å². The van der Waals surface area contributed by atoms with Crippen molar-refractivity contribution >= 4 is 30.8 Å². The number of nitrogens with one attached hydrogen (secondary N) is 1. The molecule has 0 saturated heterocycles. The summed E-state index contributed by atoms with van der Waals surface area (Å²) in [6.07, 6.45) is 2.10. The molecular formula is C12H22Cl2N4. The Balaban J connectivity index is 0. The molecule has 4 nitrogen and oxygen atoms in total. The highest BCUT2D eigenvalue weighted by Gasteiger charge is 1.91. The maximum absolute atomic E-state index is 5.22. The normalized spacial score (nSPS) is 8.89. The number of rotatable bonds is 7. The molecule has 0 unspecified atom stereocenters. The van der Waals surface area contributed by atoms with Crippen LogP contribution in [0.1, 0.15) is 18.4 Å². The molecular weight excluding hydrogens is 271 g/mol. The smallest absolute Gasteiger partial charge is 0.185 e. The van der Waals surface area contributed by atoms with Crippen LogP contribution in [0.3, 0.4) is 0 Å². The number of unbranched alkanes of at least 4 members (excludes halogenated alkanes) is 1. The van der Waals surface area contributed by atoms with E-state index in [0.717, 1.165) is 32.5 Å². The summed E-state index contributed by atoms with van der Waals surface area (Å²) in [6, 6.07) is 10.4. The van der Waals surface area contributed by atoms with Crippen LogP contribution in [0.5, 0.6) is 0 Å². The van der Waals surface area contributed by atoms with Gasteiger partial charge < -0.3 is 16.8 Å². The van der Waals surface area contributed by atoms with Gasteiger partial charge in [-0.1, -0.05) is 30.3 Å². The lowest BCUT2D eigenvalue weighted by Gasteiger charge is -2.03. The average molecular weight is 293 g/mol. The van der Waals surface area contributed by atoms with E-state index in [2.05, 4.69) is 34.6 Å². The average Bonchev–Trinajstić information content (AvgIpc) is 2.29. The number of aliphatic imine (C=N–C) groups is 1. The third kappa shape index (κ3) is 10.2. The maximum atomic E-state index is 5.22. The van der Waals surface area contributed by atoms with Crippen LogP contribution in [0.4, 0.5) is 0 Å². The number of benzene rings is 1. The molecule has 5 N–H and O–H groups in total. The van der Waals surface area contributed by atoms with Gasteiger partial charge >= 0.3 is 0 Å². The van der Waals surface area contributed by atoms with Crippen LogP contribution in [-0.2, 0) is 6.54 Å². The summed E-state index contributed by atoms with van der Waals surface area (Å²) in [5.41, 5.74) is 11.8. The molecule has 1 aromatic rings. The Hall–Kier alpha value is -0.970. The number of halogens is 2. The summed E-state index contributed by atoms with van der Waals surface area (Å²) < 4.78 is 0. The molecule has 0 radical (unpaired) electrons. The van der Waals surface area contributed by atoms with Gasteiger partial charge in [0.1, 0.15) is 0 Å². The van der Waals surface area contributed by atoms with Crippen LogP contribution in [0.15, 0.2) is 35.3 Å². The number of nitrogens with two attached hydrogens (primary N) is 2. The quantitative estimate of drug-likeness (QED) is 0.406. The van der Waals surface area contributed by atoms with Gasteiger partial charge in [0.15, 0.2) is 5.96 Å². The Bertz CT molecular complexity index is 313. The molecule has 0 atom stereocenters. The molecule has 18 heavy (non-hydrogen) atoms. The summed E-state index contributed by atoms with van der Waals surface area (Å²) in [5.74, 6) is 0.178. The summed E-state index contributed by atoms with van der Waals surface area (Å²) >= 11 is 0. The van der Waals surface area contributed by atoms with Gasteiger partial charge in [-0.2, -0.15) is 0 Å². The zero-order valence-electron chi connectivity index (χ0n) is 10.3. The van der Waals surface area contributed by atoms with Crippen LogP contribution in [0.2, 0.25) is 0 Å². The lowest BCUT2D eigenvalue weighted by atomic mass is 10.2. The summed E-state index contributed by atoms with van der Waals surface area (Å²) in [7, 11) is 0. The molecule has 6 heteroatoms. The van der Waals surface area contributed by atoms with Crippen molar-refractivity contribution in [3.63, 3.8) is 0 Å². The molecule has 0 spiro atoms. The standard InChI is InChI=1S/C12H20N4.2ClH/c13-12(14)16-9-5-4-8-15-10-11-6-2-1-3-7-11;;/h1-3,6-7,15H,4-5,8-10H2,(H4,13,14,16);2*1H. The Morgan fingerprint density at radius 1 is 1.06 bits per heavy atom. The fourth-order valence-corrected chi connectivity index (χ4v) is 1.40. The van der Waals surface area contributed by atoms with Crippen molar-refractivity contribution in [2.24, 2.45) is 16.5 Å². The molecule has 0 amide bonds. The van der Waals surface area contributed by atoms with Crippen molar-refractivity contribution in [1.29, 1.82) is 0 Å². The van der Waals surface area contributed by atoms with Gasteiger partial charge in [-0.3, -0.25) is 4.99 Å². The lowest BCUT2D eigenvalue weighted by Crippen LogP contribution is -2.23. The first-order chi connectivity index (χ1) is 7.79. The van der Waals surface area contributed by atoms with E-state index in [1.807, 2.05) is 6.07 Å². The number of guanidine groups is 1. The van der Waals surface area contributed by atoms with Gasteiger partial charge in [-0.25, -0.2) is 0 Å². The molecule has 0 fully saturated rings. The summed E-state index contributed by atoms with van der Waals surface area (Å²) in [4.78, 5) is 3.92. The van der Waals surface area contributed by atoms with Gasteiger partial charge in [0.25, 0.3) is 0 Å². The van der Waals surface area contributed by atoms with E-state index < -0.39 is 0 Å². The van der Waals surface area contributed by atoms with Crippen molar-refractivity contribution in [1.82, 2.24) is 5.32 Å². The SMILES string of the molecule is Cl.Cl.NC(N)=NCCCCNCc1ccccc1. The summed E-state index contributed by atoms with van der Waals surface area (Å²) in [6.45, 7) is 2.63. The highest BCUT2D eigenvalue weighted by Crippen LogP contribution is 1.97. The fraction of sp³-hybridized carbons (Fsp3) is 0.417. The minimum absolute atomic E-state index is 0. The van der Waals surface area contributed by atoms with E-state index in [1.54, 1.807) is 0 Å². The first kappa shape index (κ1) is 19.4. The number of hydrogen-bond donors (Lipinski definition) is 3. The van der Waals surface area contributed by atoms with Gasteiger partial charge in [-0.05, 0) is 24.9 Å². The third-order valence-electron chi connectivity index (χ3n) is 2.23. The highest BCUT2D eigenvalue weighted by atomic mass is 35.5. The number of hydrogen-bond acceptors (Lipinski definition) is 2. The van der Waals surface area contributed by atoms with Crippen LogP contribution < -0.4 is 16.8 Å². The van der Waals surface area contributed by atoms with E-state index >= 15 is 0 Å². The van der Waals surface area contributed by atoms with E-state index in [1.165, 1.54) is 5.56 Å². The van der Waals surface area contributed by atoms with Gasteiger partial charge in [0.05, 0.1) is 0 Å². The predicted molar refractivity (Wildman–Crippen MR) is 82.6 cm³/mol. The molecule has 0 aromatic heterocycles. The van der Waals surface area contributed by atoms with Crippen LogP contribution in [0.25, 0.3) is 0 Å².